The van der Waals surface area contributed by atoms with E-state index in [2.05, 4.69) is 20.9 Å². The molecule has 1 rings (SSSR count). The Bertz CT molecular complexity index is 322. The summed E-state index contributed by atoms with van der Waals surface area (Å²) in [6.45, 7) is -0.440. The number of aliphatic hydroxyl groups excluding tert-OH is 1. The predicted molar refractivity (Wildman–Crippen MR) is 55.5 cm³/mol. The maximum atomic E-state index is 12.3. The number of halogens is 4. The molecule has 6 heteroatoms. The third-order valence-corrected chi connectivity index (χ3v) is 3.93. The maximum Gasteiger partial charge on any atom is 0.280 e. The Morgan fingerprint density at radius 3 is 2.69 bits per heavy atom. The van der Waals surface area contributed by atoms with Gasteiger partial charge in [0.1, 0.15) is 5.69 Å². The van der Waals surface area contributed by atoms with Crippen LogP contribution >= 0.6 is 38.5 Å². The normalized spacial score (nSPS) is 10.9. The van der Waals surface area contributed by atoms with Crippen LogP contribution in [0.1, 0.15) is 17.7 Å². The second-order valence-electron chi connectivity index (χ2n) is 2.24. The van der Waals surface area contributed by atoms with Crippen LogP contribution in [0.2, 0.25) is 0 Å². The molecule has 0 amide bonds. The highest BCUT2D eigenvalue weighted by atomic mass is 127. The number of nitrogens with zero attached hydrogens (tertiary/aromatic N) is 1. The lowest BCUT2D eigenvalue weighted by Gasteiger charge is -2.08. The molecule has 72 valence electrons. The van der Waals surface area contributed by atoms with Crippen molar-refractivity contribution in [1.82, 2.24) is 4.98 Å². The quantitative estimate of drug-likeness (QED) is 0.819. The minimum Gasteiger partial charge on any atom is -0.392 e. The van der Waals surface area contributed by atoms with Crippen LogP contribution in [0.3, 0.4) is 0 Å². The molecule has 1 heterocycles. The second-order valence-corrected chi connectivity index (χ2v) is 4.20. The van der Waals surface area contributed by atoms with Gasteiger partial charge in [0.2, 0.25) is 0 Å². The zero-order valence-corrected chi connectivity index (χ0v) is 10.0. The lowest BCUT2D eigenvalue weighted by atomic mass is 10.2. The number of pyridine rings is 1. The van der Waals surface area contributed by atoms with Gasteiger partial charge in [-0.15, -0.1) is 0 Å². The van der Waals surface area contributed by atoms with E-state index in [0.29, 0.717) is 8.04 Å². The molecular weight excluding hydrogens is 359 g/mol. The summed E-state index contributed by atoms with van der Waals surface area (Å²) in [5.74, 6) is 0. The summed E-state index contributed by atoms with van der Waals surface area (Å²) in [6.07, 6.45) is -1.32. The lowest BCUT2D eigenvalue weighted by molar-refractivity contribution is 0.141. The van der Waals surface area contributed by atoms with Crippen LogP contribution < -0.4 is 0 Å². The molecule has 1 aromatic heterocycles. The van der Waals surface area contributed by atoms with Crippen molar-refractivity contribution in [3.63, 3.8) is 0 Å². The fourth-order valence-electron chi connectivity index (χ4n) is 0.856. The Morgan fingerprint density at radius 1 is 1.62 bits per heavy atom. The molecule has 0 saturated carbocycles. The topological polar surface area (TPSA) is 33.1 Å². The summed E-state index contributed by atoms with van der Waals surface area (Å²) < 4.78 is 25.8. The summed E-state index contributed by atoms with van der Waals surface area (Å²) in [5.41, 5.74) is -0.211. The number of rotatable bonds is 2. The molecule has 0 aliphatic heterocycles. The second kappa shape index (κ2) is 4.61. The van der Waals surface area contributed by atoms with E-state index in [1.165, 1.54) is 6.20 Å². The Hall–Kier alpha value is 0.180. The van der Waals surface area contributed by atoms with Gasteiger partial charge < -0.3 is 5.11 Å². The van der Waals surface area contributed by atoms with E-state index >= 15 is 0 Å². The number of aliphatic hydroxyl groups is 1. The summed E-state index contributed by atoms with van der Waals surface area (Å²) in [7, 11) is 0. The Kier molecular flexibility index (Phi) is 3.99. The van der Waals surface area contributed by atoms with E-state index < -0.39 is 13.0 Å². The number of aromatic nitrogens is 1. The molecule has 13 heavy (non-hydrogen) atoms. The zero-order valence-electron chi connectivity index (χ0n) is 6.27. The molecular formula is C7H5BrF2INO. The zero-order chi connectivity index (χ0) is 10.0. The van der Waals surface area contributed by atoms with Gasteiger partial charge in [-0.1, -0.05) is 0 Å². The van der Waals surface area contributed by atoms with Crippen LogP contribution in [0, 0.1) is 3.57 Å². The third kappa shape index (κ3) is 2.35. The van der Waals surface area contributed by atoms with Crippen molar-refractivity contribution in [3.8, 4) is 0 Å². The van der Waals surface area contributed by atoms with Crippen LogP contribution in [0.25, 0.3) is 0 Å². The molecule has 2 nitrogen and oxygen atoms in total. The van der Waals surface area contributed by atoms with Gasteiger partial charge in [0.05, 0.1) is 6.61 Å². The first-order valence-corrected chi connectivity index (χ1v) is 5.17. The molecule has 0 radical (unpaired) electrons. The molecule has 0 saturated heterocycles. The standard InChI is InChI=1S/C7H5BrF2INO/c8-5-3(2-13)6(7(9)10)12-1-4(5)11/h1,7,13H,2H2. The van der Waals surface area contributed by atoms with Gasteiger partial charge in [-0.2, -0.15) is 0 Å². The maximum absolute atomic E-state index is 12.3. The van der Waals surface area contributed by atoms with E-state index in [4.69, 9.17) is 5.11 Å². The molecule has 0 spiro atoms. The fraction of sp³-hybridized carbons (Fsp3) is 0.286. The number of hydrogen-bond donors (Lipinski definition) is 1. The largest absolute Gasteiger partial charge is 0.392 e. The van der Waals surface area contributed by atoms with Gasteiger partial charge in [0.15, 0.2) is 0 Å². The van der Waals surface area contributed by atoms with Gasteiger partial charge in [-0.25, -0.2) is 8.78 Å². The molecule has 1 N–H and O–H groups in total. The monoisotopic (exact) mass is 363 g/mol. The van der Waals surface area contributed by atoms with Crippen LogP contribution in [0.15, 0.2) is 10.7 Å². The first-order chi connectivity index (χ1) is 6.07. The van der Waals surface area contributed by atoms with Crippen molar-refractivity contribution < 1.29 is 13.9 Å². The number of alkyl halides is 2. The van der Waals surface area contributed by atoms with Gasteiger partial charge in [-0.3, -0.25) is 4.98 Å². The number of hydrogen-bond acceptors (Lipinski definition) is 2. The molecule has 0 aliphatic rings. The minimum absolute atomic E-state index is 0.155. The Labute approximate surface area is 95.6 Å². The predicted octanol–water partition coefficient (Wildman–Crippen LogP) is 2.88. The molecule has 0 atom stereocenters. The van der Waals surface area contributed by atoms with Gasteiger partial charge in [0.25, 0.3) is 6.43 Å². The van der Waals surface area contributed by atoms with E-state index in [1.54, 1.807) is 0 Å². The van der Waals surface area contributed by atoms with Crippen molar-refractivity contribution in [3.05, 3.63) is 25.5 Å². The van der Waals surface area contributed by atoms with Crippen LogP contribution in [0.4, 0.5) is 8.78 Å². The molecule has 0 aromatic carbocycles. The molecule has 0 bridgehead atoms. The smallest absolute Gasteiger partial charge is 0.280 e. The highest BCUT2D eigenvalue weighted by Crippen LogP contribution is 2.29. The Morgan fingerprint density at radius 2 is 2.23 bits per heavy atom. The van der Waals surface area contributed by atoms with Crippen LogP contribution in [-0.4, -0.2) is 10.1 Å². The summed E-state index contributed by atoms with van der Waals surface area (Å²) in [6, 6.07) is 0. The average Bonchev–Trinajstić information content (AvgIpc) is 2.09. The molecule has 0 fully saturated rings. The first-order valence-electron chi connectivity index (χ1n) is 3.29. The summed E-state index contributed by atoms with van der Waals surface area (Å²) >= 11 is 5.07. The van der Waals surface area contributed by atoms with E-state index in [9.17, 15) is 8.78 Å². The summed E-state index contributed by atoms with van der Waals surface area (Å²) in [4.78, 5) is 3.56. The van der Waals surface area contributed by atoms with Crippen LogP contribution in [0.5, 0.6) is 0 Å². The molecule has 0 aliphatic carbocycles. The average molecular weight is 364 g/mol. The van der Waals surface area contributed by atoms with Crippen molar-refractivity contribution in [2.45, 2.75) is 13.0 Å². The molecule has 0 unspecified atom stereocenters. The highest BCUT2D eigenvalue weighted by molar-refractivity contribution is 14.1. The fourth-order valence-corrected chi connectivity index (χ4v) is 1.75. The molecule has 1 aromatic rings. The highest BCUT2D eigenvalue weighted by Gasteiger charge is 2.17. The van der Waals surface area contributed by atoms with Gasteiger partial charge in [-0.05, 0) is 38.5 Å². The van der Waals surface area contributed by atoms with Crippen LogP contribution in [-0.2, 0) is 6.61 Å². The third-order valence-electron chi connectivity index (χ3n) is 1.47. The SMILES string of the molecule is OCc1c(C(F)F)ncc(I)c1Br. The van der Waals surface area contributed by atoms with Gasteiger partial charge in [0, 0.05) is 19.8 Å². The summed E-state index contributed by atoms with van der Waals surface area (Å²) in [5, 5.41) is 8.87. The first kappa shape index (κ1) is 11.3. The minimum atomic E-state index is -2.66. The van der Waals surface area contributed by atoms with E-state index in [-0.39, 0.29) is 11.3 Å². The van der Waals surface area contributed by atoms with Crippen molar-refractivity contribution in [2.24, 2.45) is 0 Å². The van der Waals surface area contributed by atoms with Crippen molar-refractivity contribution in [2.75, 3.05) is 0 Å². The Balaban J connectivity index is 3.30. The van der Waals surface area contributed by atoms with Crippen molar-refractivity contribution >= 4 is 38.5 Å². The lowest BCUT2D eigenvalue weighted by Crippen LogP contribution is -2.01. The van der Waals surface area contributed by atoms with Gasteiger partial charge >= 0.3 is 0 Å². The van der Waals surface area contributed by atoms with Crippen molar-refractivity contribution in [1.29, 1.82) is 0 Å². The van der Waals surface area contributed by atoms with E-state index in [0.717, 1.165) is 0 Å². The van der Waals surface area contributed by atoms with E-state index in [1.807, 2.05) is 22.6 Å².